The summed E-state index contributed by atoms with van der Waals surface area (Å²) >= 11 is 7.28. The van der Waals surface area contributed by atoms with Gasteiger partial charge in [0.05, 0.1) is 0 Å². The van der Waals surface area contributed by atoms with Crippen LogP contribution in [0.25, 0.3) is 0 Å². The number of carbonyl (C=O) groups is 1. The third-order valence-electron chi connectivity index (χ3n) is 3.78. The first kappa shape index (κ1) is 15.4. The number of nitrogens with zero attached hydrogens (tertiary/aromatic N) is 4. The Morgan fingerprint density at radius 1 is 1.18 bits per heavy atom. The topological polar surface area (TPSA) is 49.3 Å². The van der Waals surface area contributed by atoms with Crippen LogP contribution in [0.1, 0.15) is 22.5 Å². The molecule has 1 fully saturated rings. The second-order valence-electron chi connectivity index (χ2n) is 5.28. The van der Waals surface area contributed by atoms with Crippen LogP contribution in [0.15, 0.2) is 30.3 Å². The molecule has 2 heterocycles. The molecule has 0 spiro atoms. The Kier molecular flexibility index (Phi) is 5.02. The highest BCUT2D eigenvalue weighted by Gasteiger charge is 2.21. The van der Waals surface area contributed by atoms with Crippen molar-refractivity contribution >= 4 is 29.0 Å². The number of hydrogen-bond donors (Lipinski definition) is 0. The van der Waals surface area contributed by atoms with E-state index < -0.39 is 0 Å². The minimum atomic E-state index is 0.107. The van der Waals surface area contributed by atoms with Crippen molar-refractivity contribution in [1.29, 1.82) is 0 Å². The summed E-state index contributed by atoms with van der Waals surface area (Å²) in [6.07, 6.45) is 0.952. The third kappa shape index (κ3) is 3.63. The fraction of sp³-hybridized carbons (Fsp3) is 0.400. The lowest BCUT2D eigenvalue weighted by molar-refractivity contribution is 0.0761. The number of carbonyl (C=O) groups excluding carboxylic acids is 1. The van der Waals surface area contributed by atoms with Crippen molar-refractivity contribution in [3.63, 3.8) is 0 Å². The van der Waals surface area contributed by atoms with E-state index in [1.807, 2.05) is 35.2 Å². The molecule has 1 aliphatic heterocycles. The molecule has 1 aromatic carbocycles. The first-order valence-electron chi connectivity index (χ1n) is 7.27. The van der Waals surface area contributed by atoms with Crippen molar-refractivity contribution in [3.8, 4) is 0 Å². The van der Waals surface area contributed by atoms with Gasteiger partial charge >= 0.3 is 0 Å². The van der Waals surface area contributed by atoms with Crippen molar-refractivity contribution in [3.05, 3.63) is 45.9 Å². The normalized spacial score (nSPS) is 16.5. The zero-order valence-electron chi connectivity index (χ0n) is 12.1. The van der Waals surface area contributed by atoms with E-state index in [0.29, 0.717) is 10.9 Å². The van der Waals surface area contributed by atoms with Crippen LogP contribution in [0.4, 0.5) is 0 Å². The lowest BCUT2D eigenvalue weighted by Gasteiger charge is -2.21. The molecular formula is C15H17ClN4OS. The summed E-state index contributed by atoms with van der Waals surface area (Å²) < 4.78 is 4.52. The van der Waals surface area contributed by atoms with E-state index in [4.69, 9.17) is 11.6 Å². The Hall–Kier alpha value is -1.50. The van der Waals surface area contributed by atoms with Gasteiger partial charge in [0, 0.05) is 49.8 Å². The summed E-state index contributed by atoms with van der Waals surface area (Å²) in [5.41, 5.74) is 1.58. The Bertz CT molecular complexity index is 633. The lowest BCUT2D eigenvalue weighted by atomic mass is 10.2. The molecule has 1 aromatic heterocycles. The summed E-state index contributed by atoms with van der Waals surface area (Å²) in [4.78, 5) is 16.7. The van der Waals surface area contributed by atoms with Crippen molar-refractivity contribution in [2.24, 2.45) is 0 Å². The Labute approximate surface area is 138 Å². The number of halogens is 1. The molecule has 0 saturated carbocycles. The van der Waals surface area contributed by atoms with Gasteiger partial charge in [-0.15, -0.1) is 5.10 Å². The Balaban J connectivity index is 1.60. The molecule has 1 aliphatic rings. The molecule has 0 atom stereocenters. The number of hydrogen-bond acceptors (Lipinski definition) is 5. The second-order valence-corrected chi connectivity index (χ2v) is 6.64. The maximum atomic E-state index is 12.5. The van der Waals surface area contributed by atoms with Crippen LogP contribution in [-0.4, -0.2) is 51.5 Å². The molecule has 0 radical (unpaired) electrons. The number of rotatable bonds is 3. The highest BCUT2D eigenvalue weighted by atomic mass is 35.5. The fourth-order valence-corrected chi connectivity index (χ4v) is 3.21. The van der Waals surface area contributed by atoms with Gasteiger partial charge in [-0.3, -0.25) is 9.69 Å². The van der Waals surface area contributed by atoms with Gasteiger partial charge in [0.25, 0.3) is 5.91 Å². The van der Waals surface area contributed by atoms with E-state index in [2.05, 4.69) is 14.5 Å². The summed E-state index contributed by atoms with van der Waals surface area (Å²) in [6.45, 7) is 3.97. The molecule has 0 N–H and O–H groups in total. The molecule has 116 valence electrons. The molecule has 22 heavy (non-hydrogen) atoms. The standard InChI is InChI=1S/C15H17ClN4OS/c16-14-13(17-18-22-14)11-19-7-4-8-20(10-9-19)15(21)12-5-2-1-3-6-12/h1-3,5-6H,4,7-11H2. The van der Waals surface area contributed by atoms with Gasteiger partial charge in [0.15, 0.2) is 0 Å². The van der Waals surface area contributed by atoms with Gasteiger partial charge in [-0.1, -0.05) is 34.3 Å². The van der Waals surface area contributed by atoms with Gasteiger partial charge in [-0.2, -0.15) is 0 Å². The number of amides is 1. The maximum Gasteiger partial charge on any atom is 0.253 e. The number of aromatic nitrogens is 2. The summed E-state index contributed by atoms with van der Waals surface area (Å²) in [7, 11) is 0. The zero-order chi connectivity index (χ0) is 15.4. The lowest BCUT2D eigenvalue weighted by Crippen LogP contribution is -2.35. The van der Waals surface area contributed by atoms with Gasteiger partial charge in [0.2, 0.25) is 0 Å². The highest BCUT2D eigenvalue weighted by molar-refractivity contribution is 7.10. The van der Waals surface area contributed by atoms with E-state index in [0.717, 1.165) is 43.9 Å². The van der Waals surface area contributed by atoms with Crippen molar-refractivity contribution in [2.75, 3.05) is 26.2 Å². The van der Waals surface area contributed by atoms with E-state index in [-0.39, 0.29) is 5.91 Å². The van der Waals surface area contributed by atoms with Crippen LogP contribution < -0.4 is 0 Å². The molecule has 2 aromatic rings. The van der Waals surface area contributed by atoms with Crippen molar-refractivity contribution < 1.29 is 4.79 Å². The first-order chi connectivity index (χ1) is 10.7. The number of benzene rings is 1. The quantitative estimate of drug-likeness (QED) is 0.864. The monoisotopic (exact) mass is 336 g/mol. The third-order valence-corrected chi connectivity index (χ3v) is 4.76. The average molecular weight is 337 g/mol. The SMILES string of the molecule is O=C(c1ccccc1)N1CCCN(Cc2nnsc2Cl)CC1. The van der Waals surface area contributed by atoms with Gasteiger partial charge in [-0.05, 0) is 18.6 Å². The van der Waals surface area contributed by atoms with Crippen LogP contribution in [-0.2, 0) is 6.54 Å². The predicted molar refractivity (Wildman–Crippen MR) is 87.2 cm³/mol. The van der Waals surface area contributed by atoms with Gasteiger partial charge in [-0.25, -0.2) is 0 Å². The van der Waals surface area contributed by atoms with E-state index >= 15 is 0 Å². The molecule has 0 bridgehead atoms. The predicted octanol–water partition coefficient (Wildman–Crippen LogP) is 2.54. The van der Waals surface area contributed by atoms with Crippen molar-refractivity contribution in [1.82, 2.24) is 19.4 Å². The largest absolute Gasteiger partial charge is 0.337 e. The fourth-order valence-electron chi connectivity index (χ4n) is 2.60. The van der Waals surface area contributed by atoms with Gasteiger partial charge < -0.3 is 4.90 Å². The van der Waals surface area contributed by atoms with Crippen LogP contribution >= 0.6 is 23.1 Å². The molecule has 0 aliphatic carbocycles. The molecule has 0 unspecified atom stereocenters. The summed E-state index contributed by atoms with van der Waals surface area (Å²) in [5.74, 6) is 0.107. The van der Waals surface area contributed by atoms with Crippen molar-refractivity contribution in [2.45, 2.75) is 13.0 Å². The Morgan fingerprint density at radius 2 is 2.00 bits per heavy atom. The summed E-state index contributed by atoms with van der Waals surface area (Å²) in [6, 6.07) is 9.45. The molecule has 5 nitrogen and oxygen atoms in total. The van der Waals surface area contributed by atoms with Gasteiger partial charge in [0.1, 0.15) is 10.0 Å². The minimum absolute atomic E-state index is 0.107. The minimum Gasteiger partial charge on any atom is -0.337 e. The van der Waals surface area contributed by atoms with E-state index in [9.17, 15) is 4.79 Å². The smallest absolute Gasteiger partial charge is 0.253 e. The molecular weight excluding hydrogens is 320 g/mol. The van der Waals surface area contributed by atoms with E-state index in [1.54, 1.807) is 0 Å². The van der Waals surface area contributed by atoms with Crippen LogP contribution in [0.5, 0.6) is 0 Å². The Morgan fingerprint density at radius 3 is 2.73 bits per heavy atom. The average Bonchev–Trinajstić information content (AvgIpc) is 2.81. The maximum absolute atomic E-state index is 12.5. The second kappa shape index (κ2) is 7.17. The summed E-state index contributed by atoms with van der Waals surface area (Å²) in [5, 5.41) is 4.06. The molecule has 7 heteroatoms. The molecule has 1 saturated heterocycles. The van der Waals surface area contributed by atoms with Crippen LogP contribution in [0.2, 0.25) is 4.34 Å². The van der Waals surface area contributed by atoms with Crippen LogP contribution in [0.3, 0.4) is 0 Å². The zero-order valence-corrected chi connectivity index (χ0v) is 13.7. The first-order valence-corrected chi connectivity index (χ1v) is 8.42. The molecule has 3 rings (SSSR count). The molecule has 1 amide bonds. The van der Waals surface area contributed by atoms with E-state index in [1.165, 1.54) is 11.5 Å². The highest BCUT2D eigenvalue weighted by Crippen LogP contribution is 2.19. The van der Waals surface area contributed by atoms with Crippen LogP contribution in [0, 0.1) is 0 Å².